The summed E-state index contributed by atoms with van der Waals surface area (Å²) >= 11 is 0. The highest BCUT2D eigenvalue weighted by Crippen LogP contribution is 2.25. The molecule has 0 unspecified atom stereocenters. The van der Waals surface area contributed by atoms with E-state index in [1.54, 1.807) is 32.4 Å². The monoisotopic (exact) mass is 400 g/mol. The fourth-order valence-corrected chi connectivity index (χ4v) is 4.26. The number of methoxy groups -OCH3 is 1. The second-order valence-electron chi connectivity index (χ2n) is 6.75. The number of hydrogen-bond donors (Lipinski definition) is 1. The van der Waals surface area contributed by atoms with Crippen LogP contribution < -0.4 is 9.46 Å². The van der Waals surface area contributed by atoms with Gasteiger partial charge in [0, 0.05) is 18.5 Å². The van der Waals surface area contributed by atoms with Crippen LogP contribution >= 0.6 is 0 Å². The predicted octanol–water partition coefficient (Wildman–Crippen LogP) is 3.80. The quantitative estimate of drug-likeness (QED) is 0.652. The number of benzene rings is 2. The van der Waals surface area contributed by atoms with Crippen molar-refractivity contribution < 1.29 is 17.6 Å². The Bertz CT molecular complexity index is 1070. The lowest BCUT2D eigenvalue weighted by Gasteiger charge is -2.12. The second-order valence-corrected chi connectivity index (χ2v) is 8.48. The van der Waals surface area contributed by atoms with Gasteiger partial charge in [0.1, 0.15) is 12.0 Å². The number of hydrogen-bond acceptors (Lipinski definition) is 5. The van der Waals surface area contributed by atoms with Crippen molar-refractivity contribution in [3.8, 4) is 17.2 Å². The van der Waals surface area contributed by atoms with Crippen LogP contribution in [-0.4, -0.2) is 27.1 Å². The van der Waals surface area contributed by atoms with Crippen molar-refractivity contribution in [1.29, 1.82) is 0 Å². The Labute approximate surface area is 165 Å². The lowest BCUT2D eigenvalue weighted by Crippen LogP contribution is -2.26. The number of aryl methyl sites for hydroxylation is 3. The Morgan fingerprint density at radius 3 is 2.46 bits per heavy atom. The third-order valence-electron chi connectivity index (χ3n) is 4.51. The molecule has 0 aliphatic rings. The maximum Gasteiger partial charge on any atom is 0.240 e. The molecule has 0 saturated heterocycles. The van der Waals surface area contributed by atoms with Crippen LogP contribution in [0.25, 0.3) is 11.5 Å². The van der Waals surface area contributed by atoms with E-state index in [2.05, 4.69) is 9.71 Å². The zero-order valence-corrected chi connectivity index (χ0v) is 17.3. The van der Waals surface area contributed by atoms with Crippen molar-refractivity contribution in [3.05, 3.63) is 65.0 Å². The Balaban J connectivity index is 1.66. The first-order valence-electron chi connectivity index (χ1n) is 8.96. The van der Waals surface area contributed by atoms with E-state index in [-0.39, 0.29) is 11.4 Å². The van der Waals surface area contributed by atoms with Gasteiger partial charge in [0.15, 0.2) is 0 Å². The highest BCUT2D eigenvalue weighted by atomic mass is 32.2. The third kappa shape index (κ3) is 4.43. The number of nitrogens with one attached hydrogen (secondary N) is 1. The van der Waals surface area contributed by atoms with Gasteiger partial charge < -0.3 is 9.15 Å². The highest BCUT2D eigenvalue weighted by molar-refractivity contribution is 7.89. The normalized spacial score (nSPS) is 11.6. The van der Waals surface area contributed by atoms with Gasteiger partial charge in [-0.2, -0.15) is 0 Å². The average Bonchev–Trinajstić information content (AvgIpc) is 3.12. The van der Waals surface area contributed by atoms with Crippen LogP contribution in [0.3, 0.4) is 0 Å². The van der Waals surface area contributed by atoms with Gasteiger partial charge in [-0.1, -0.05) is 17.7 Å². The zero-order valence-electron chi connectivity index (χ0n) is 16.4. The Kier molecular flexibility index (Phi) is 5.86. The number of rotatable bonds is 7. The molecular formula is C21H24N2O4S. The van der Waals surface area contributed by atoms with Crippen LogP contribution in [0.2, 0.25) is 0 Å². The molecule has 6 nitrogen and oxygen atoms in total. The smallest absolute Gasteiger partial charge is 0.240 e. The van der Waals surface area contributed by atoms with E-state index in [4.69, 9.17) is 9.15 Å². The maximum atomic E-state index is 12.7. The molecule has 0 spiro atoms. The van der Waals surface area contributed by atoms with Crippen molar-refractivity contribution in [2.75, 3.05) is 13.7 Å². The summed E-state index contributed by atoms with van der Waals surface area (Å²) in [4.78, 5) is 4.69. The summed E-state index contributed by atoms with van der Waals surface area (Å²) < 4.78 is 38.7. The fourth-order valence-electron chi connectivity index (χ4n) is 2.91. The number of ether oxygens (including phenoxy) is 1. The van der Waals surface area contributed by atoms with Crippen LogP contribution in [0.4, 0.5) is 0 Å². The largest absolute Gasteiger partial charge is 0.496 e. The Morgan fingerprint density at radius 1 is 1.07 bits per heavy atom. The van der Waals surface area contributed by atoms with E-state index < -0.39 is 10.0 Å². The molecule has 0 saturated carbocycles. The molecule has 0 bridgehead atoms. The SMILES string of the molecule is COc1cc(C)c(S(=O)(=O)NCCc2coc(-c3ccc(C)cc3)n2)cc1C. The molecule has 0 amide bonds. The van der Waals surface area contributed by atoms with Crippen LogP contribution in [0.15, 0.2) is 52.0 Å². The van der Waals surface area contributed by atoms with Gasteiger partial charge in [-0.15, -0.1) is 0 Å². The van der Waals surface area contributed by atoms with Crippen LogP contribution in [0, 0.1) is 20.8 Å². The number of oxazole rings is 1. The molecule has 0 fully saturated rings. The van der Waals surface area contributed by atoms with E-state index in [9.17, 15) is 8.42 Å². The molecule has 3 aromatic rings. The first-order chi connectivity index (χ1) is 13.3. The van der Waals surface area contributed by atoms with E-state index >= 15 is 0 Å². The molecule has 3 rings (SSSR count). The van der Waals surface area contributed by atoms with Crippen molar-refractivity contribution in [2.24, 2.45) is 0 Å². The van der Waals surface area contributed by atoms with Gasteiger partial charge >= 0.3 is 0 Å². The molecule has 7 heteroatoms. The van der Waals surface area contributed by atoms with Crippen LogP contribution in [0.5, 0.6) is 5.75 Å². The molecular weight excluding hydrogens is 376 g/mol. The molecule has 0 atom stereocenters. The van der Waals surface area contributed by atoms with Crippen LogP contribution in [-0.2, 0) is 16.4 Å². The van der Waals surface area contributed by atoms with Gasteiger partial charge in [-0.3, -0.25) is 0 Å². The van der Waals surface area contributed by atoms with Gasteiger partial charge in [-0.25, -0.2) is 18.1 Å². The first kappa shape index (κ1) is 20.1. The summed E-state index contributed by atoms with van der Waals surface area (Å²) in [7, 11) is -2.06. The number of aromatic nitrogens is 1. The van der Waals surface area contributed by atoms with Crippen molar-refractivity contribution in [2.45, 2.75) is 32.1 Å². The number of nitrogens with zero attached hydrogens (tertiary/aromatic N) is 1. The molecule has 0 aliphatic carbocycles. The lowest BCUT2D eigenvalue weighted by molar-refractivity contribution is 0.411. The molecule has 1 N–H and O–H groups in total. The zero-order chi connectivity index (χ0) is 20.3. The second kappa shape index (κ2) is 8.16. The molecule has 148 valence electrons. The minimum atomic E-state index is -3.62. The summed E-state index contributed by atoms with van der Waals surface area (Å²) in [6.07, 6.45) is 2.00. The summed E-state index contributed by atoms with van der Waals surface area (Å²) in [6.45, 7) is 5.82. The predicted molar refractivity (Wildman–Crippen MR) is 108 cm³/mol. The lowest BCUT2D eigenvalue weighted by atomic mass is 10.1. The van der Waals surface area contributed by atoms with E-state index in [1.807, 2.05) is 38.1 Å². The van der Waals surface area contributed by atoms with Crippen LogP contribution in [0.1, 0.15) is 22.4 Å². The highest BCUT2D eigenvalue weighted by Gasteiger charge is 2.18. The topological polar surface area (TPSA) is 81.4 Å². The van der Waals surface area contributed by atoms with E-state index in [0.717, 1.165) is 16.7 Å². The van der Waals surface area contributed by atoms with Crippen molar-refractivity contribution in [3.63, 3.8) is 0 Å². The third-order valence-corrected chi connectivity index (χ3v) is 6.11. The Morgan fingerprint density at radius 2 is 1.79 bits per heavy atom. The molecule has 1 heterocycles. The van der Waals surface area contributed by atoms with Crippen molar-refractivity contribution in [1.82, 2.24) is 9.71 Å². The number of sulfonamides is 1. The summed E-state index contributed by atoms with van der Waals surface area (Å²) in [5, 5.41) is 0. The average molecular weight is 401 g/mol. The molecule has 2 aromatic carbocycles. The molecule has 28 heavy (non-hydrogen) atoms. The molecule has 0 radical (unpaired) electrons. The summed E-state index contributed by atoms with van der Waals surface area (Å²) in [5.41, 5.74) is 4.16. The summed E-state index contributed by atoms with van der Waals surface area (Å²) in [5.74, 6) is 1.20. The summed E-state index contributed by atoms with van der Waals surface area (Å²) in [6, 6.07) is 11.2. The first-order valence-corrected chi connectivity index (χ1v) is 10.4. The maximum absolute atomic E-state index is 12.7. The minimum absolute atomic E-state index is 0.229. The van der Waals surface area contributed by atoms with Crippen molar-refractivity contribution >= 4 is 10.0 Å². The fraction of sp³-hybridized carbons (Fsp3) is 0.286. The van der Waals surface area contributed by atoms with Gasteiger partial charge in [0.2, 0.25) is 15.9 Å². The molecule has 0 aliphatic heterocycles. The standard InChI is InChI=1S/C21H24N2O4S/c1-14-5-7-17(8-6-14)21-23-18(13-27-21)9-10-22-28(24,25)20-12-15(2)19(26-4)11-16(20)3/h5-8,11-13,22H,9-10H2,1-4H3. The van der Waals surface area contributed by atoms with Gasteiger partial charge in [0.05, 0.1) is 17.7 Å². The minimum Gasteiger partial charge on any atom is -0.496 e. The van der Waals surface area contributed by atoms with E-state index in [0.29, 0.717) is 29.3 Å². The van der Waals surface area contributed by atoms with E-state index in [1.165, 1.54) is 0 Å². The Hall–Kier alpha value is -2.64. The van der Waals surface area contributed by atoms with Gasteiger partial charge in [-0.05, 0) is 56.2 Å². The van der Waals surface area contributed by atoms with Gasteiger partial charge in [0.25, 0.3) is 0 Å². The molecule has 1 aromatic heterocycles.